The molecule has 2 aliphatic heterocycles. The fraction of sp³-hybridized carbons (Fsp3) is 0.600. The van der Waals surface area contributed by atoms with Crippen molar-refractivity contribution in [2.24, 2.45) is 0 Å². The number of benzene rings is 1. The zero-order valence-electron chi connectivity index (χ0n) is 23.3. The van der Waals surface area contributed by atoms with Gasteiger partial charge in [0.15, 0.2) is 0 Å². The molecule has 7 heteroatoms. The minimum Gasteiger partial charge on any atom is -0.383 e. The van der Waals surface area contributed by atoms with Gasteiger partial charge < -0.3 is 20.7 Å². The van der Waals surface area contributed by atoms with Crippen LogP contribution in [0.2, 0.25) is 5.02 Å². The van der Waals surface area contributed by atoms with Gasteiger partial charge in [0, 0.05) is 41.9 Å². The molecule has 2 aliphatic rings. The van der Waals surface area contributed by atoms with Gasteiger partial charge in [0.05, 0.1) is 12.6 Å². The van der Waals surface area contributed by atoms with Crippen LogP contribution in [0.4, 0.5) is 0 Å². The molecule has 6 nitrogen and oxygen atoms in total. The lowest BCUT2D eigenvalue weighted by Gasteiger charge is -2.23. The summed E-state index contributed by atoms with van der Waals surface area (Å²) >= 11 is 5.97. The van der Waals surface area contributed by atoms with Crippen molar-refractivity contribution in [1.29, 1.82) is 0 Å². The van der Waals surface area contributed by atoms with E-state index >= 15 is 0 Å². The number of nitrogens with one attached hydrogen (secondary N) is 3. The fourth-order valence-electron chi connectivity index (χ4n) is 4.60. The number of carbonyl (C=O) groups is 2. The highest BCUT2D eigenvalue weighted by Crippen LogP contribution is 2.27. The van der Waals surface area contributed by atoms with Crippen LogP contribution >= 0.6 is 11.6 Å². The third-order valence-corrected chi connectivity index (χ3v) is 7.21. The van der Waals surface area contributed by atoms with Crippen molar-refractivity contribution in [2.75, 3.05) is 13.2 Å². The van der Waals surface area contributed by atoms with Gasteiger partial charge in [-0.25, -0.2) is 0 Å². The van der Waals surface area contributed by atoms with Crippen LogP contribution < -0.4 is 16.0 Å². The number of rotatable bonds is 11. The number of halogens is 1. The molecule has 206 valence electrons. The number of amides is 2. The number of hydrogen-bond acceptors (Lipinski definition) is 4. The first-order chi connectivity index (χ1) is 17.8. The second-order valence-electron chi connectivity index (χ2n) is 9.79. The Kier molecular flexibility index (Phi) is 13.8. The van der Waals surface area contributed by atoms with Gasteiger partial charge in [-0.3, -0.25) is 9.59 Å². The predicted molar refractivity (Wildman–Crippen MR) is 152 cm³/mol. The van der Waals surface area contributed by atoms with Crippen LogP contribution in [0.15, 0.2) is 46.7 Å². The summed E-state index contributed by atoms with van der Waals surface area (Å²) < 4.78 is 5.53. The highest BCUT2D eigenvalue weighted by molar-refractivity contribution is 6.30. The summed E-state index contributed by atoms with van der Waals surface area (Å²) in [7, 11) is 0. The molecule has 0 aromatic heterocycles. The molecule has 1 aromatic carbocycles. The molecule has 2 amide bonds. The summed E-state index contributed by atoms with van der Waals surface area (Å²) in [5.41, 5.74) is 5.32. The van der Waals surface area contributed by atoms with E-state index in [9.17, 15) is 9.59 Å². The number of hydrogen-bond donors (Lipinski definition) is 3. The molecule has 0 saturated carbocycles. The summed E-state index contributed by atoms with van der Waals surface area (Å²) in [6.45, 7) is 12.6. The first-order valence-corrected chi connectivity index (χ1v) is 14.3. The third-order valence-electron chi connectivity index (χ3n) is 6.96. The molecule has 0 spiro atoms. The predicted octanol–water partition coefficient (Wildman–Crippen LogP) is 6.20. The van der Waals surface area contributed by atoms with Crippen molar-refractivity contribution in [3.8, 4) is 0 Å². The Balaban J connectivity index is 0.000000510. The molecule has 2 saturated heterocycles. The SMILES string of the molecule is CCC/C(C(C(=O)NCc1ccc(Cl)cc1)=C(C)CC)=C(\CC)NC1CCOC1.CCC1CCC(=O)N1. The van der Waals surface area contributed by atoms with Crippen LogP contribution in [0.3, 0.4) is 0 Å². The lowest BCUT2D eigenvalue weighted by atomic mass is 9.92. The van der Waals surface area contributed by atoms with Crippen molar-refractivity contribution >= 4 is 23.4 Å². The van der Waals surface area contributed by atoms with Crippen LogP contribution in [0.1, 0.15) is 91.5 Å². The van der Waals surface area contributed by atoms with E-state index in [1.54, 1.807) is 0 Å². The molecule has 0 aliphatic carbocycles. The lowest BCUT2D eigenvalue weighted by Crippen LogP contribution is -2.32. The Morgan fingerprint density at radius 3 is 2.32 bits per heavy atom. The Labute approximate surface area is 228 Å². The molecule has 3 N–H and O–H groups in total. The maximum absolute atomic E-state index is 13.3. The highest BCUT2D eigenvalue weighted by Gasteiger charge is 2.23. The number of ether oxygens (including phenoxy) is 1. The smallest absolute Gasteiger partial charge is 0.251 e. The zero-order chi connectivity index (χ0) is 27.2. The molecule has 2 atom stereocenters. The summed E-state index contributed by atoms with van der Waals surface area (Å²) in [4.78, 5) is 23.8. The molecule has 0 radical (unpaired) electrons. The average Bonchev–Trinajstić information content (AvgIpc) is 3.58. The maximum Gasteiger partial charge on any atom is 0.251 e. The van der Waals surface area contributed by atoms with E-state index in [4.69, 9.17) is 16.3 Å². The Morgan fingerprint density at radius 1 is 1.11 bits per heavy atom. The standard InChI is InChI=1S/C24H35ClN2O2.C6H11NO/c1-5-8-21(22(7-3)27-20-13-14-29-16-20)23(17(4)6-2)24(28)26-15-18-9-11-19(25)12-10-18;1-2-5-3-4-6(8)7-5/h9-12,20,27H,5-8,13-16H2,1-4H3,(H,26,28);5H,2-4H2,1H3,(H,7,8)/b22-21-,23-17?;. The van der Waals surface area contributed by atoms with Crippen molar-refractivity contribution < 1.29 is 14.3 Å². The topological polar surface area (TPSA) is 79.5 Å². The van der Waals surface area contributed by atoms with Gasteiger partial charge in [0.1, 0.15) is 0 Å². The quantitative estimate of drug-likeness (QED) is 0.234. The van der Waals surface area contributed by atoms with Crippen molar-refractivity contribution in [1.82, 2.24) is 16.0 Å². The van der Waals surface area contributed by atoms with E-state index in [-0.39, 0.29) is 11.8 Å². The van der Waals surface area contributed by atoms with Crippen molar-refractivity contribution in [3.63, 3.8) is 0 Å². The van der Waals surface area contributed by atoms with Gasteiger partial charge in [-0.15, -0.1) is 0 Å². The summed E-state index contributed by atoms with van der Waals surface area (Å²) in [6.07, 6.45) is 7.45. The van der Waals surface area contributed by atoms with Crippen molar-refractivity contribution in [2.45, 2.75) is 105 Å². The number of allylic oxidation sites excluding steroid dienone is 2. The van der Waals surface area contributed by atoms with E-state index in [0.717, 1.165) is 86.9 Å². The van der Waals surface area contributed by atoms with E-state index < -0.39 is 0 Å². The summed E-state index contributed by atoms with van der Waals surface area (Å²) in [5, 5.41) is 10.4. The van der Waals surface area contributed by atoms with Crippen LogP contribution in [-0.4, -0.2) is 37.1 Å². The van der Waals surface area contributed by atoms with E-state index in [2.05, 4.69) is 50.6 Å². The first-order valence-electron chi connectivity index (χ1n) is 13.9. The number of carbonyl (C=O) groups excluding carboxylic acids is 2. The van der Waals surface area contributed by atoms with Crippen LogP contribution in [0.5, 0.6) is 0 Å². The largest absolute Gasteiger partial charge is 0.383 e. The van der Waals surface area contributed by atoms with Crippen LogP contribution in [0, 0.1) is 0 Å². The fourth-order valence-corrected chi connectivity index (χ4v) is 4.72. The molecule has 2 heterocycles. The monoisotopic (exact) mass is 531 g/mol. The Morgan fingerprint density at radius 2 is 1.84 bits per heavy atom. The maximum atomic E-state index is 13.3. The normalized spacial score (nSPS) is 20.3. The molecular formula is C30H46ClN3O3. The zero-order valence-corrected chi connectivity index (χ0v) is 24.1. The van der Waals surface area contributed by atoms with Gasteiger partial charge in [-0.05, 0) is 68.7 Å². The van der Waals surface area contributed by atoms with Crippen LogP contribution in [0.25, 0.3) is 0 Å². The molecule has 0 bridgehead atoms. The minimum absolute atomic E-state index is 0.00169. The van der Waals surface area contributed by atoms with E-state index in [1.165, 1.54) is 5.70 Å². The minimum atomic E-state index is -0.00169. The van der Waals surface area contributed by atoms with Gasteiger partial charge in [-0.1, -0.05) is 63.4 Å². The molecule has 2 unspecified atom stereocenters. The van der Waals surface area contributed by atoms with Gasteiger partial charge >= 0.3 is 0 Å². The molecule has 2 fully saturated rings. The highest BCUT2D eigenvalue weighted by atomic mass is 35.5. The summed E-state index contributed by atoms with van der Waals surface area (Å²) in [5.74, 6) is 0.218. The Bertz CT molecular complexity index is 934. The van der Waals surface area contributed by atoms with Crippen molar-refractivity contribution in [3.05, 3.63) is 57.3 Å². The molecular weight excluding hydrogens is 486 g/mol. The average molecular weight is 532 g/mol. The van der Waals surface area contributed by atoms with E-state index in [1.807, 2.05) is 24.3 Å². The third kappa shape index (κ3) is 10.2. The molecule has 37 heavy (non-hydrogen) atoms. The molecule has 1 aromatic rings. The second kappa shape index (κ2) is 16.5. The molecule has 3 rings (SSSR count). The second-order valence-corrected chi connectivity index (χ2v) is 10.2. The first kappa shape index (κ1) is 30.9. The summed E-state index contributed by atoms with van der Waals surface area (Å²) in [6, 6.07) is 8.39. The van der Waals surface area contributed by atoms with Gasteiger partial charge in [-0.2, -0.15) is 0 Å². The Hall–Kier alpha value is -2.31. The van der Waals surface area contributed by atoms with Gasteiger partial charge in [0.25, 0.3) is 5.91 Å². The van der Waals surface area contributed by atoms with Gasteiger partial charge in [0.2, 0.25) is 5.91 Å². The lowest BCUT2D eigenvalue weighted by molar-refractivity contribution is -0.119. The van der Waals surface area contributed by atoms with E-state index in [0.29, 0.717) is 23.7 Å². The van der Waals surface area contributed by atoms with Crippen LogP contribution in [-0.2, 0) is 20.9 Å².